The van der Waals surface area contributed by atoms with Crippen LogP contribution in [0, 0.1) is 0 Å². The van der Waals surface area contributed by atoms with Crippen LogP contribution in [0.1, 0.15) is 11.1 Å². The molecule has 0 aliphatic rings. The van der Waals surface area contributed by atoms with Crippen LogP contribution in [0.5, 0.6) is 34.5 Å². The summed E-state index contributed by atoms with van der Waals surface area (Å²) in [6, 6.07) is 35.1. The lowest BCUT2D eigenvalue weighted by Crippen LogP contribution is -2.12. The van der Waals surface area contributed by atoms with E-state index >= 15 is 0 Å². The average Bonchev–Trinajstić information content (AvgIpc) is 3.17. The Morgan fingerprint density at radius 1 is 0.340 bits per heavy atom. The van der Waals surface area contributed by atoms with Gasteiger partial charge in [0.05, 0.1) is 11.1 Å². The quantitative estimate of drug-likeness (QED) is 0.0750. The molecule has 0 aliphatic heterocycles. The molecule has 0 saturated heterocycles. The fraction of sp³-hybridized carbons (Fsp3) is 0.250. The molecule has 5 aromatic carbocycles. The molecule has 0 atom stereocenters. The minimum atomic E-state index is -0.0810. The van der Waals surface area contributed by atoms with Gasteiger partial charge in [0.25, 0.3) is 0 Å². The molecule has 0 amide bonds. The highest BCUT2D eigenvalue weighted by Gasteiger charge is 2.31. The number of hydrogen-bond acceptors (Lipinski definition) is 10. The normalized spacial score (nSPS) is 10.8. The first-order chi connectivity index (χ1) is 24.7. The summed E-state index contributed by atoms with van der Waals surface area (Å²) >= 11 is 0. The highest BCUT2D eigenvalue weighted by atomic mass is 16.7. The van der Waals surface area contributed by atoms with Crippen molar-refractivity contribution in [1.29, 1.82) is 0 Å². The summed E-state index contributed by atoms with van der Waals surface area (Å²) in [5.74, 6) is 2.76. The van der Waals surface area contributed by atoms with Gasteiger partial charge in [-0.15, -0.1) is 0 Å². The minimum Gasteiger partial charge on any atom is -0.489 e. The molecule has 0 saturated carbocycles. The zero-order chi connectivity index (χ0) is 35.0. The van der Waals surface area contributed by atoms with Crippen molar-refractivity contribution in [3.05, 3.63) is 120 Å². The summed E-state index contributed by atoms with van der Waals surface area (Å²) in [6.45, 7) is 0.536. The molecule has 5 aromatic rings. The number of rotatable bonds is 20. The van der Waals surface area contributed by atoms with Crippen LogP contribution in [0.3, 0.4) is 0 Å². The lowest BCUT2D eigenvalue weighted by Gasteiger charge is -2.26. The molecular formula is C40H42O10. The smallest absolute Gasteiger partial charge is 0.188 e. The van der Waals surface area contributed by atoms with Crippen LogP contribution in [0.25, 0.3) is 22.3 Å². The summed E-state index contributed by atoms with van der Waals surface area (Å²) in [6.07, 6.45) is 0. The van der Waals surface area contributed by atoms with E-state index in [1.807, 2.05) is 109 Å². The van der Waals surface area contributed by atoms with Gasteiger partial charge in [-0.3, -0.25) is 0 Å². The highest BCUT2D eigenvalue weighted by Crippen LogP contribution is 2.57. The Bertz CT molecular complexity index is 1560. The second-order valence-corrected chi connectivity index (χ2v) is 10.9. The topological polar surface area (TPSA) is 92.3 Å². The Kier molecular flexibility index (Phi) is 13.7. The first kappa shape index (κ1) is 36.0. The molecule has 0 radical (unpaired) electrons. The molecule has 262 valence electrons. The Morgan fingerprint density at radius 2 is 0.640 bits per heavy atom. The van der Waals surface area contributed by atoms with Gasteiger partial charge in [-0.25, -0.2) is 0 Å². The first-order valence-electron chi connectivity index (χ1n) is 15.9. The Labute approximate surface area is 292 Å². The maximum atomic E-state index is 6.29. The number of benzene rings is 5. The number of hydrogen-bond donors (Lipinski definition) is 0. The van der Waals surface area contributed by atoms with Crippen LogP contribution >= 0.6 is 0 Å². The third kappa shape index (κ3) is 9.46. The molecule has 10 heteroatoms. The molecule has 5 rings (SSSR count). The zero-order valence-electron chi connectivity index (χ0n) is 28.7. The highest BCUT2D eigenvalue weighted by molar-refractivity contribution is 5.93. The molecule has 0 fully saturated rings. The van der Waals surface area contributed by atoms with E-state index in [0.717, 1.165) is 22.3 Å². The van der Waals surface area contributed by atoms with Crippen LogP contribution in [0.15, 0.2) is 109 Å². The molecule has 0 unspecified atom stereocenters. The van der Waals surface area contributed by atoms with Gasteiger partial charge in [-0.1, -0.05) is 84.9 Å². The van der Waals surface area contributed by atoms with E-state index in [4.69, 9.17) is 47.4 Å². The van der Waals surface area contributed by atoms with E-state index in [0.29, 0.717) is 58.8 Å². The molecule has 0 spiro atoms. The Hall–Kier alpha value is -5.26. The van der Waals surface area contributed by atoms with Gasteiger partial charge in [-0.05, 0) is 46.5 Å². The van der Waals surface area contributed by atoms with Gasteiger partial charge in [0.2, 0.25) is 0 Å². The van der Waals surface area contributed by atoms with Crippen molar-refractivity contribution in [2.24, 2.45) is 0 Å². The average molecular weight is 683 g/mol. The monoisotopic (exact) mass is 682 g/mol. The number of methoxy groups -OCH3 is 4. The fourth-order valence-corrected chi connectivity index (χ4v) is 5.12. The molecule has 0 bridgehead atoms. The molecule has 0 N–H and O–H groups in total. The van der Waals surface area contributed by atoms with Crippen molar-refractivity contribution in [3.8, 4) is 56.8 Å². The van der Waals surface area contributed by atoms with E-state index < -0.39 is 0 Å². The predicted molar refractivity (Wildman–Crippen MR) is 189 cm³/mol. The second-order valence-electron chi connectivity index (χ2n) is 10.9. The van der Waals surface area contributed by atoms with E-state index in [1.54, 1.807) is 28.4 Å². The summed E-state index contributed by atoms with van der Waals surface area (Å²) in [5, 5.41) is 0. The molecule has 0 heterocycles. The lowest BCUT2D eigenvalue weighted by atomic mass is 9.95. The predicted octanol–water partition coefficient (Wildman–Crippen LogP) is 8.11. The molecular weight excluding hydrogens is 640 g/mol. The third-order valence-electron chi connectivity index (χ3n) is 7.39. The van der Waals surface area contributed by atoms with Crippen LogP contribution in [0.2, 0.25) is 0 Å². The van der Waals surface area contributed by atoms with Gasteiger partial charge in [0, 0.05) is 28.4 Å². The van der Waals surface area contributed by atoms with E-state index in [1.165, 1.54) is 0 Å². The van der Waals surface area contributed by atoms with Crippen molar-refractivity contribution >= 4 is 0 Å². The Morgan fingerprint density at radius 3 is 0.920 bits per heavy atom. The van der Waals surface area contributed by atoms with E-state index in [-0.39, 0.29) is 27.2 Å². The summed E-state index contributed by atoms with van der Waals surface area (Å²) in [4.78, 5) is 0. The zero-order valence-corrected chi connectivity index (χ0v) is 28.7. The van der Waals surface area contributed by atoms with Crippen molar-refractivity contribution in [2.45, 2.75) is 13.2 Å². The van der Waals surface area contributed by atoms with E-state index in [2.05, 4.69) is 0 Å². The summed E-state index contributed by atoms with van der Waals surface area (Å²) in [5.41, 5.74) is 4.67. The van der Waals surface area contributed by atoms with Crippen molar-refractivity contribution in [2.75, 3.05) is 55.6 Å². The number of ether oxygens (including phenoxy) is 10. The maximum Gasteiger partial charge on any atom is 0.188 e. The fourth-order valence-electron chi connectivity index (χ4n) is 5.12. The third-order valence-corrected chi connectivity index (χ3v) is 7.39. The van der Waals surface area contributed by atoms with Gasteiger partial charge in [0.15, 0.2) is 50.2 Å². The first-order valence-corrected chi connectivity index (χ1v) is 15.9. The SMILES string of the molecule is COCOc1c(OCOC)c(-c2ccc(OCc3ccccc3)cc2)c(OCOC)c(OCOC)c1-c1ccc(OCc2ccccc2)cc1. The molecule has 0 aliphatic carbocycles. The van der Waals surface area contributed by atoms with Crippen molar-refractivity contribution in [3.63, 3.8) is 0 Å². The second kappa shape index (κ2) is 19.1. The van der Waals surface area contributed by atoms with Gasteiger partial charge in [-0.2, -0.15) is 0 Å². The maximum absolute atomic E-state index is 6.29. The standard InChI is InChI=1S/C40H42O10/c1-41-25-47-37-35(31-15-19-33(20-16-31)45-23-29-11-7-5-8-12-29)39(49-27-43-3)40(50-28-44-4)36(38(37)48-26-42-2)32-17-21-34(22-18-32)46-24-30-13-9-6-10-14-30/h5-22H,23-28H2,1-4H3. The van der Waals surface area contributed by atoms with Crippen LogP contribution in [-0.2, 0) is 32.2 Å². The largest absolute Gasteiger partial charge is 0.489 e. The molecule has 10 nitrogen and oxygen atoms in total. The van der Waals surface area contributed by atoms with Gasteiger partial charge < -0.3 is 47.4 Å². The molecule has 50 heavy (non-hydrogen) atoms. The van der Waals surface area contributed by atoms with Crippen molar-refractivity contribution in [1.82, 2.24) is 0 Å². The van der Waals surface area contributed by atoms with Crippen molar-refractivity contribution < 1.29 is 47.4 Å². The minimum absolute atomic E-state index is 0.0810. The van der Waals surface area contributed by atoms with Crippen LogP contribution in [-0.4, -0.2) is 55.6 Å². The summed E-state index contributed by atoms with van der Waals surface area (Å²) in [7, 11) is 6.17. The van der Waals surface area contributed by atoms with Crippen LogP contribution in [0.4, 0.5) is 0 Å². The molecule has 0 aromatic heterocycles. The van der Waals surface area contributed by atoms with Gasteiger partial charge in [0.1, 0.15) is 24.7 Å². The Balaban J connectivity index is 1.63. The summed E-state index contributed by atoms with van der Waals surface area (Å²) < 4.78 is 58.8. The van der Waals surface area contributed by atoms with Crippen LogP contribution < -0.4 is 28.4 Å². The lowest BCUT2D eigenvalue weighted by molar-refractivity contribution is 0.0258. The van der Waals surface area contributed by atoms with Gasteiger partial charge >= 0.3 is 0 Å². The van der Waals surface area contributed by atoms with E-state index in [9.17, 15) is 0 Å².